The standard InChI is InChI=1S/C18H27NO6/c1-12(2)8-13(9-16(21)23-3)18-17(22)15(20)10-14(25-18)11-19-4-6-24-7-5-19/h10,12-13,22H,4-9,11H2,1-3H3. The lowest BCUT2D eigenvalue weighted by atomic mass is 9.91. The molecule has 1 N–H and O–H groups in total. The summed E-state index contributed by atoms with van der Waals surface area (Å²) >= 11 is 0. The molecule has 25 heavy (non-hydrogen) atoms. The van der Waals surface area contributed by atoms with Crippen molar-refractivity contribution >= 4 is 5.97 Å². The van der Waals surface area contributed by atoms with E-state index >= 15 is 0 Å². The van der Waals surface area contributed by atoms with Crippen LogP contribution in [0, 0.1) is 5.92 Å². The zero-order valence-electron chi connectivity index (χ0n) is 15.1. The van der Waals surface area contributed by atoms with Crippen molar-refractivity contribution in [1.29, 1.82) is 0 Å². The largest absolute Gasteiger partial charge is 0.502 e. The second-order valence-electron chi connectivity index (χ2n) is 6.79. The Hall–Kier alpha value is -1.86. The second-order valence-corrected chi connectivity index (χ2v) is 6.79. The Balaban J connectivity index is 2.28. The first-order valence-corrected chi connectivity index (χ1v) is 8.63. The van der Waals surface area contributed by atoms with E-state index in [0.717, 1.165) is 13.1 Å². The molecule has 1 aliphatic rings. The predicted octanol–water partition coefficient (Wildman–Crippen LogP) is 1.87. The highest BCUT2D eigenvalue weighted by Crippen LogP contribution is 2.32. The van der Waals surface area contributed by atoms with Crippen LogP contribution >= 0.6 is 0 Å². The SMILES string of the molecule is COC(=O)CC(CC(C)C)c1oc(CN2CCOCC2)cc(=O)c1O. The first-order valence-electron chi connectivity index (χ1n) is 8.63. The van der Waals surface area contributed by atoms with Gasteiger partial charge in [0.15, 0.2) is 5.76 Å². The molecule has 1 saturated heterocycles. The van der Waals surface area contributed by atoms with Crippen LogP contribution in [0.3, 0.4) is 0 Å². The van der Waals surface area contributed by atoms with Crippen LogP contribution in [-0.2, 0) is 20.8 Å². The Morgan fingerprint density at radius 2 is 2.04 bits per heavy atom. The third-order valence-corrected chi connectivity index (χ3v) is 4.25. The fraction of sp³-hybridized carbons (Fsp3) is 0.667. The van der Waals surface area contributed by atoms with Gasteiger partial charge in [-0.25, -0.2) is 0 Å². The third kappa shape index (κ3) is 5.57. The second kappa shape index (κ2) is 9.01. The quantitative estimate of drug-likeness (QED) is 0.749. The molecule has 0 aromatic carbocycles. The van der Waals surface area contributed by atoms with E-state index in [2.05, 4.69) is 4.90 Å². The van der Waals surface area contributed by atoms with Crippen molar-refractivity contribution in [3.8, 4) is 5.75 Å². The molecular weight excluding hydrogens is 326 g/mol. The summed E-state index contributed by atoms with van der Waals surface area (Å²) in [5.74, 6) is -0.285. The average Bonchev–Trinajstić information content (AvgIpc) is 2.57. The molecule has 1 aliphatic heterocycles. The van der Waals surface area contributed by atoms with E-state index in [4.69, 9.17) is 13.9 Å². The lowest BCUT2D eigenvalue weighted by Gasteiger charge is -2.26. The van der Waals surface area contributed by atoms with E-state index in [1.54, 1.807) is 0 Å². The Morgan fingerprint density at radius 3 is 2.64 bits per heavy atom. The van der Waals surface area contributed by atoms with E-state index < -0.39 is 23.1 Å². The van der Waals surface area contributed by atoms with Gasteiger partial charge >= 0.3 is 5.97 Å². The molecule has 1 aromatic rings. The Bertz CT molecular complexity index is 633. The van der Waals surface area contributed by atoms with E-state index in [0.29, 0.717) is 31.9 Å². The van der Waals surface area contributed by atoms with Gasteiger partial charge in [0, 0.05) is 25.1 Å². The van der Waals surface area contributed by atoms with E-state index in [1.165, 1.54) is 13.2 Å². The summed E-state index contributed by atoms with van der Waals surface area (Å²) < 4.78 is 15.9. The van der Waals surface area contributed by atoms with Gasteiger partial charge in [0.2, 0.25) is 11.2 Å². The Labute approximate surface area is 147 Å². The van der Waals surface area contributed by atoms with Crippen molar-refractivity contribution in [2.24, 2.45) is 5.92 Å². The number of rotatable bonds is 7. The van der Waals surface area contributed by atoms with Crippen LogP contribution < -0.4 is 5.43 Å². The number of ether oxygens (including phenoxy) is 2. The molecule has 0 saturated carbocycles. The molecule has 0 spiro atoms. The third-order valence-electron chi connectivity index (χ3n) is 4.25. The number of carbonyl (C=O) groups is 1. The van der Waals surface area contributed by atoms with Crippen molar-refractivity contribution in [2.45, 2.75) is 39.2 Å². The number of carbonyl (C=O) groups excluding carboxylic acids is 1. The normalized spacial score (nSPS) is 16.8. The van der Waals surface area contributed by atoms with Gasteiger partial charge in [-0.2, -0.15) is 0 Å². The molecule has 2 rings (SSSR count). The van der Waals surface area contributed by atoms with Crippen molar-refractivity contribution < 1.29 is 23.8 Å². The summed E-state index contributed by atoms with van der Waals surface area (Å²) in [7, 11) is 1.32. The molecule has 140 valence electrons. The Kier molecular flexibility index (Phi) is 7.01. The predicted molar refractivity (Wildman–Crippen MR) is 91.6 cm³/mol. The maximum Gasteiger partial charge on any atom is 0.306 e. The molecule has 0 radical (unpaired) electrons. The highest BCUT2D eigenvalue weighted by Gasteiger charge is 2.26. The molecule has 7 heteroatoms. The highest BCUT2D eigenvalue weighted by atomic mass is 16.5. The molecule has 0 aliphatic carbocycles. The first kappa shape index (κ1) is 19.5. The molecular formula is C18H27NO6. The number of methoxy groups -OCH3 is 1. The molecule has 1 unspecified atom stereocenters. The number of hydrogen-bond acceptors (Lipinski definition) is 7. The van der Waals surface area contributed by atoms with E-state index in [-0.39, 0.29) is 18.1 Å². The fourth-order valence-electron chi connectivity index (χ4n) is 3.03. The van der Waals surface area contributed by atoms with E-state index in [9.17, 15) is 14.7 Å². The molecule has 1 atom stereocenters. The minimum absolute atomic E-state index is 0.0617. The number of morpholine rings is 1. The number of aromatic hydroxyl groups is 1. The number of nitrogens with zero attached hydrogens (tertiary/aromatic N) is 1. The van der Waals surface area contributed by atoms with Gasteiger partial charge in [0.05, 0.1) is 33.3 Å². The lowest BCUT2D eigenvalue weighted by molar-refractivity contribution is -0.141. The van der Waals surface area contributed by atoms with Crippen LogP contribution in [0.15, 0.2) is 15.3 Å². The van der Waals surface area contributed by atoms with Crippen LogP contribution in [0.4, 0.5) is 0 Å². The zero-order valence-corrected chi connectivity index (χ0v) is 15.1. The zero-order chi connectivity index (χ0) is 18.4. The summed E-state index contributed by atoms with van der Waals surface area (Å²) in [5.41, 5.74) is -0.483. The maximum absolute atomic E-state index is 12.2. The minimum atomic E-state index is -0.483. The van der Waals surface area contributed by atoms with Gasteiger partial charge in [0.25, 0.3) is 0 Å². The van der Waals surface area contributed by atoms with Crippen LogP contribution in [0.1, 0.15) is 44.1 Å². The van der Waals surface area contributed by atoms with Crippen molar-refractivity contribution in [2.75, 3.05) is 33.4 Å². The molecule has 0 amide bonds. The molecule has 1 fully saturated rings. The fourth-order valence-corrected chi connectivity index (χ4v) is 3.03. The van der Waals surface area contributed by atoms with Gasteiger partial charge in [0.1, 0.15) is 5.76 Å². The van der Waals surface area contributed by atoms with E-state index in [1.807, 2.05) is 13.8 Å². The molecule has 0 bridgehead atoms. The average molecular weight is 353 g/mol. The van der Waals surface area contributed by atoms with Gasteiger partial charge < -0.3 is 19.0 Å². The van der Waals surface area contributed by atoms with Crippen LogP contribution in [0.25, 0.3) is 0 Å². The Morgan fingerprint density at radius 1 is 1.36 bits per heavy atom. The van der Waals surface area contributed by atoms with Gasteiger partial charge in [-0.15, -0.1) is 0 Å². The van der Waals surface area contributed by atoms with Crippen molar-refractivity contribution in [1.82, 2.24) is 4.90 Å². The number of hydrogen-bond donors (Lipinski definition) is 1. The summed E-state index contributed by atoms with van der Waals surface area (Å²) in [5, 5.41) is 10.2. The van der Waals surface area contributed by atoms with Gasteiger partial charge in [-0.3, -0.25) is 14.5 Å². The minimum Gasteiger partial charge on any atom is -0.502 e. The van der Waals surface area contributed by atoms with Gasteiger partial charge in [-0.05, 0) is 12.3 Å². The summed E-state index contributed by atoms with van der Waals surface area (Å²) in [6.07, 6.45) is 0.665. The monoisotopic (exact) mass is 353 g/mol. The summed E-state index contributed by atoms with van der Waals surface area (Å²) in [6.45, 7) is 7.31. The number of esters is 1. The van der Waals surface area contributed by atoms with Crippen LogP contribution in [0.5, 0.6) is 5.75 Å². The smallest absolute Gasteiger partial charge is 0.306 e. The first-order chi connectivity index (χ1) is 11.9. The summed E-state index contributed by atoms with van der Waals surface area (Å²) in [6, 6.07) is 1.32. The lowest BCUT2D eigenvalue weighted by Crippen LogP contribution is -2.35. The highest BCUT2D eigenvalue weighted by molar-refractivity contribution is 5.70. The van der Waals surface area contributed by atoms with Crippen LogP contribution in [-0.4, -0.2) is 49.4 Å². The topological polar surface area (TPSA) is 89.2 Å². The van der Waals surface area contributed by atoms with Gasteiger partial charge in [-0.1, -0.05) is 13.8 Å². The molecule has 2 heterocycles. The molecule has 7 nitrogen and oxygen atoms in total. The maximum atomic E-state index is 12.2. The van der Waals surface area contributed by atoms with Crippen LogP contribution in [0.2, 0.25) is 0 Å². The molecule has 1 aromatic heterocycles. The summed E-state index contributed by atoms with van der Waals surface area (Å²) in [4.78, 5) is 26.0. The van der Waals surface area contributed by atoms with Crippen molar-refractivity contribution in [3.05, 3.63) is 27.8 Å². The van der Waals surface area contributed by atoms with Crippen molar-refractivity contribution in [3.63, 3.8) is 0 Å².